The van der Waals surface area contributed by atoms with Gasteiger partial charge in [-0.2, -0.15) is 0 Å². The zero-order valence-electron chi connectivity index (χ0n) is 7.56. The molecule has 6 heteroatoms. The summed E-state index contributed by atoms with van der Waals surface area (Å²) in [5.74, 6) is 0. The number of aromatic nitrogens is 3. The first kappa shape index (κ1) is 8.49. The maximum Gasteiger partial charge on any atom is 0.316 e. The molecule has 0 spiro atoms. The van der Waals surface area contributed by atoms with E-state index in [2.05, 4.69) is 15.3 Å². The molecular formula is C8H9N5O. The second-order valence-electron chi connectivity index (χ2n) is 2.90. The molecule has 2 aromatic rings. The fourth-order valence-corrected chi connectivity index (χ4v) is 1.35. The number of nitrogens with two attached hydrogens (primary N) is 1. The van der Waals surface area contributed by atoms with Crippen LogP contribution in [0.4, 0.5) is 10.5 Å². The number of nitrogens with one attached hydrogen (secondary N) is 1. The van der Waals surface area contributed by atoms with Gasteiger partial charge >= 0.3 is 6.03 Å². The molecule has 0 aromatic carbocycles. The Labute approximate surface area is 79.8 Å². The van der Waals surface area contributed by atoms with Crippen molar-refractivity contribution in [1.82, 2.24) is 14.5 Å². The highest BCUT2D eigenvalue weighted by Crippen LogP contribution is 2.21. The van der Waals surface area contributed by atoms with E-state index in [4.69, 9.17) is 5.73 Å². The van der Waals surface area contributed by atoms with Crippen molar-refractivity contribution in [1.29, 1.82) is 0 Å². The number of hydrogen-bond acceptors (Lipinski definition) is 3. The van der Waals surface area contributed by atoms with Gasteiger partial charge in [0.2, 0.25) is 0 Å². The lowest BCUT2D eigenvalue weighted by atomic mass is 10.3. The Balaban J connectivity index is 2.60. The monoisotopic (exact) mass is 191 g/mol. The zero-order valence-corrected chi connectivity index (χ0v) is 7.56. The molecule has 72 valence electrons. The minimum Gasteiger partial charge on any atom is -0.351 e. The normalized spacial score (nSPS) is 10.4. The summed E-state index contributed by atoms with van der Waals surface area (Å²) >= 11 is 0. The first-order chi connectivity index (χ1) is 6.68. The van der Waals surface area contributed by atoms with Crippen LogP contribution in [0.2, 0.25) is 0 Å². The van der Waals surface area contributed by atoms with Crippen molar-refractivity contribution < 1.29 is 4.79 Å². The molecule has 2 heterocycles. The number of primary amides is 1. The average Bonchev–Trinajstić information content (AvgIpc) is 2.44. The summed E-state index contributed by atoms with van der Waals surface area (Å²) in [4.78, 5) is 18.6. The lowest BCUT2D eigenvalue weighted by Crippen LogP contribution is -2.18. The summed E-state index contributed by atoms with van der Waals surface area (Å²) in [5, 5.41) is 3.28. The number of hydrogen-bond donors (Lipinski definition) is 2. The molecule has 2 aromatic heterocycles. The van der Waals surface area contributed by atoms with Crippen molar-refractivity contribution in [3.8, 4) is 0 Å². The Morgan fingerprint density at radius 3 is 3.14 bits per heavy atom. The van der Waals surface area contributed by atoms with E-state index in [1.54, 1.807) is 17.0 Å². The first-order valence-corrected chi connectivity index (χ1v) is 4.00. The van der Waals surface area contributed by atoms with Gasteiger partial charge in [0, 0.05) is 19.4 Å². The van der Waals surface area contributed by atoms with Crippen LogP contribution in [0.1, 0.15) is 0 Å². The molecule has 3 N–H and O–H groups in total. The Kier molecular flexibility index (Phi) is 1.81. The number of urea groups is 1. The molecule has 0 fully saturated rings. The van der Waals surface area contributed by atoms with Crippen LogP contribution in [0, 0.1) is 0 Å². The Morgan fingerprint density at radius 2 is 2.43 bits per heavy atom. The van der Waals surface area contributed by atoms with Crippen LogP contribution in [0.15, 0.2) is 18.7 Å². The lowest BCUT2D eigenvalue weighted by Gasteiger charge is -1.96. The molecule has 0 aliphatic heterocycles. The molecule has 6 nitrogen and oxygen atoms in total. The van der Waals surface area contributed by atoms with E-state index < -0.39 is 6.03 Å². The number of amides is 2. The van der Waals surface area contributed by atoms with Crippen molar-refractivity contribution in [3.63, 3.8) is 0 Å². The molecule has 2 rings (SSSR count). The van der Waals surface area contributed by atoms with Gasteiger partial charge < -0.3 is 15.6 Å². The largest absolute Gasteiger partial charge is 0.351 e. The molecule has 2 amide bonds. The van der Waals surface area contributed by atoms with Gasteiger partial charge in [0.25, 0.3) is 0 Å². The maximum absolute atomic E-state index is 10.7. The van der Waals surface area contributed by atoms with Gasteiger partial charge in [0.15, 0.2) is 0 Å². The van der Waals surface area contributed by atoms with Crippen molar-refractivity contribution in [2.24, 2.45) is 12.8 Å². The second-order valence-corrected chi connectivity index (χ2v) is 2.90. The van der Waals surface area contributed by atoms with E-state index in [1.165, 1.54) is 6.33 Å². The third-order valence-corrected chi connectivity index (χ3v) is 1.90. The first-order valence-electron chi connectivity index (χ1n) is 4.00. The Bertz CT molecular complexity index is 489. The quantitative estimate of drug-likeness (QED) is 0.686. The van der Waals surface area contributed by atoms with Gasteiger partial charge in [0.1, 0.15) is 12.0 Å². The third-order valence-electron chi connectivity index (χ3n) is 1.90. The summed E-state index contributed by atoms with van der Waals surface area (Å²) in [7, 11) is 1.83. The predicted molar refractivity (Wildman–Crippen MR) is 51.7 cm³/mol. The van der Waals surface area contributed by atoms with Gasteiger partial charge in [-0.25, -0.2) is 14.8 Å². The standard InChI is InChI=1S/C8H9N5O/c1-13-3-6(12-8(9)14)5-2-10-4-11-7(5)13/h2-4H,1H3,(H3,9,12,14). The maximum atomic E-state index is 10.7. The molecule has 14 heavy (non-hydrogen) atoms. The molecule has 0 aliphatic carbocycles. The second kappa shape index (κ2) is 2.99. The van der Waals surface area contributed by atoms with Crippen molar-refractivity contribution in [2.75, 3.05) is 5.32 Å². The van der Waals surface area contributed by atoms with Crippen molar-refractivity contribution in [3.05, 3.63) is 18.7 Å². The summed E-state index contributed by atoms with van der Waals surface area (Å²) in [5.41, 5.74) is 6.40. The van der Waals surface area contributed by atoms with Gasteiger partial charge in [0.05, 0.1) is 11.1 Å². The highest BCUT2D eigenvalue weighted by Gasteiger charge is 2.07. The van der Waals surface area contributed by atoms with E-state index in [-0.39, 0.29) is 0 Å². The highest BCUT2D eigenvalue weighted by atomic mass is 16.2. The molecule has 0 saturated heterocycles. The topological polar surface area (TPSA) is 85.8 Å². The summed E-state index contributed by atoms with van der Waals surface area (Å²) in [6.45, 7) is 0. The number of carbonyl (C=O) groups is 1. The Morgan fingerprint density at radius 1 is 1.64 bits per heavy atom. The predicted octanol–water partition coefficient (Wildman–Crippen LogP) is 0.459. The summed E-state index contributed by atoms with van der Waals surface area (Å²) in [6.07, 6.45) is 4.83. The Hall–Kier alpha value is -2.11. The van der Waals surface area contributed by atoms with E-state index in [0.29, 0.717) is 5.69 Å². The smallest absolute Gasteiger partial charge is 0.316 e. The number of fused-ring (bicyclic) bond motifs is 1. The number of aryl methyl sites for hydroxylation is 1. The van der Waals surface area contributed by atoms with Gasteiger partial charge in [-0.05, 0) is 0 Å². The van der Waals surface area contributed by atoms with Crippen molar-refractivity contribution in [2.45, 2.75) is 0 Å². The summed E-state index contributed by atoms with van der Waals surface area (Å²) < 4.78 is 1.79. The van der Waals surface area contributed by atoms with E-state index in [1.807, 2.05) is 7.05 Å². The van der Waals surface area contributed by atoms with Crippen LogP contribution in [0.5, 0.6) is 0 Å². The van der Waals surface area contributed by atoms with Crippen LogP contribution in [0.3, 0.4) is 0 Å². The van der Waals surface area contributed by atoms with Crippen molar-refractivity contribution >= 4 is 22.8 Å². The molecule has 0 aliphatic rings. The lowest BCUT2D eigenvalue weighted by molar-refractivity contribution is 0.259. The van der Waals surface area contributed by atoms with Crippen LogP contribution in [-0.4, -0.2) is 20.6 Å². The number of anilines is 1. The van der Waals surface area contributed by atoms with E-state index >= 15 is 0 Å². The molecular weight excluding hydrogens is 182 g/mol. The third kappa shape index (κ3) is 1.26. The average molecular weight is 191 g/mol. The fraction of sp³-hybridized carbons (Fsp3) is 0.125. The van der Waals surface area contributed by atoms with Gasteiger partial charge in [-0.1, -0.05) is 0 Å². The molecule has 0 bridgehead atoms. The number of rotatable bonds is 1. The van der Waals surface area contributed by atoms with Crippen LogP contribution in [-0.2, 0) is 7.05 Å². The molecule has 0 atom stereocenters. The van der Waals surface area contributed by atoms with Crippen LogP contribution >= 0.6 is 0 Å². The fourth-order valence-electron chi connectivity index (χ4n) is 1.35. The van der Waals surface area contributed by atoms with Crippen LogP contribution < -0.4 is 11.1 Å². The minimum atomic E-state index is -0.596. The number of carbonyl (C=O) groups excluding carboxylic acids is 1. The van der Waals surface area contributed by atoms with E-state index in [0.717, 1.165) is 11.0 Å². The number of nitrogens with zero attached hydrogens (tertiary/aromatic N) is 3. The molecule has 0 radical (unpaired) electrons. The molecule has 0 unspecified atom stereocenters. The van der Waals surface area contributed by atoms with Gasteiger partial charge in [-0.3, -0.25) is 0 Å². The zero-order chi connectivity index (χ0) is 10.1. The minimum absolute atomic E-state index is 0.596. The highest BCUT2D eigenvalue weighted by molar-refractivity contribution is 5.99. The van der Waals surface area contributed by atoms with Gasteiger partial charge in [-0.15, -0.1) is 0 Å². The van der Waals surface area contributed by atoms with E-state index in [9.17, 15) is 4.79 Å². The summed E-state index contributed by atoms with van der Waals surface area (Å²) in [6, 6.07) is -0.596. The SMILES string of the molecule is Cn1cc(NC(N)=O)c2cncnc21. The molecule has 0 saturated carbocycles. The van der Waals surface area contributed by atoms with Crippen LogP contribution in [0.25, 0.3) is 11.0 Å².